The van der Waals surface area contributed by atoms with E-state index in [9.17, 15) is 4.79 Å². The third-order valence-corrected chi connectivity index (χ3v) is 5.14. The molecule has 0 unspecified atom stereocenters. The van der Waals surface area contributed by atoms with Crippen LogP contribution in [0.5, 0.6) is 0 Å². The number of hydrogen-bond donors (Lipinski definition) is 2. The molecule has 0 saturated heterocycles. The van der Waals surface area contributed by atoms with E-state index < -0.39 is 0 Å². The number of aryl methyl sites for hydroxylation is 2. The van der Waals surface area contributed by atoms with Gasteiger partial charge in [-0.1, -0.05) is 11.8 Å². The maximum Gasteiger partial charge on any atom is 0.216 e. The molecule has 3 heterocycles. The molecule has 3 N–H and O–H groups in total. The van der Waals surface area contributed by atoms with Crippen molar-refractivity contribution in [3.63, 3.8) is 0 Å². The maximum absolute atomic E-state index is 12.5. The number of thiazole rings is 1. The van der Waals surface area contributed by atoms with E-state index in [1.165, 1.54) is 11.8 Å². The Hall–Kier alpha value is -2.13. The lowest BCUT2D eigenvalue weighted by Crippen LogP contribution is -2.05. The Morgan fingerprint density at radius 1 is 1.39 bits per heavy atom. The van der Waals surface area contributed by atoms with E-state index in [1.807, 2.05) is 36.8 Å². The summed E-state index contributed by atoms with van der Waals surface area (Å²) in [5.74, 6) is 0.543. The fraction of sp³-hybridized carbons (Fsp3) is 0.286. The van der Waals surface area contributed by atoms with Gasteiger partial charge in [-0.15, -0.1) is 16.4 Å². The zero-order valence-electron chi connectivity index (χ0n) is 13.0. The van der Waals surface area contributed by atoms with Gasteiger partial charge >= 0.3 is 0 Å². The minimum absolute atomic E-state index is 0.0333. The van der Waals surface area contributed by atoms with Gasteiger partial charge in [0, 0.05) is 22.3 Å². The van der Waals surface area contributed by atoms with Crippen molar-refractivity contribution in [2.75, 3.05) is 11.5 Å². The lowest BCUT2D eigenvalue weighted by molar-refractivity contribution is 0.102. The second-order valence-electron chi connectivity index (χ2n) is 5.11. The summed E-state index contributed by atoms with van der Waals surface area (Å²) in [6.07, 6.45) is 0. The van der Waals surface area contributed by atoms with Crippen molar-refractivity contribution in [2.24, 2.45) is 0 Å². The molecule has 0 spiro atoms. The molecule has 7 nitrogen and oxygen atoms in total. The summed E-state index contributed by atoms with van der Waals surface area (Å²) >= 11 is 2.83. The van der Waals surface area contributed by atoms with Crippen molar-refractivity contribution in [2.45, 2.75) is 25.9 Å². The number of nitrogens with two attached hydrogens (primary N) is 1. The molecule has 0 aliphatic heterocycles. The topological polar surface area (TPSA) is 102 Å². The molecule has 3 aromatic heterocycles. The SMILES string of the molecule is Cc1csc(-n2c(C)cc(C(=O)CSc3n[nH]c(N)n3)c2C)n1. The number of H-pyrrole nitrogens is 1. The molecule has 0 aliphatic rings. The number of rotatable bonds is 5. The first-order chi connectivity index (χ1) is 11.0. The van der Waals surface area contributed by atoms with Crippen molar-refractivity contribution in [1.82, 2.24) is 24.7 Å². The lowest BCUT2D eigenvalue weighted by Gasteiger charge is -2.05. The van der Waals surface area contributed by atoms with E-state index in [0.717, 1.165) is 22.2 Å². The standard InChI is InChI=1S/C14H16N6OS2/c1-7-5-23-14(16-7)20-8(2)4-10(9(20)3)11(21)6-22-13-17-12(15)18-19-13/h4-5H,6H2,1-3H3,(H3,15,17,18,19). The van der Waals surface area contributed by atoms with E-state index in [1.54, 1.807) is 11.3 Å². The van der Waals surface area contributed by atoms with Gasteiger partial charge in [0.05, 0.1) is 11.4 Å². The fourth-order valence-electron chi connectivity index (χ4n) is 2.31. The molecular weight excluding hydrogens is 332 g/mol. The number of carbonyl (C=O) groups is 1. The molecule has 0 fully saturated rings. The van der Waals surface area contributed by atoms with Crippen LogP contribution in [0.25, 0.3) is 5.13 Å². The zero-order chi connectivity index (χ0) is 16.6. The summed E-state index contributed by atoms with van der Waals surface area (Å²) in [6.45, 7) is 5.87. The summed E-state index contributed by atoms with van der Waals surface area (Å²) in [5, 5.41) is 9.82. The molecular formula is C14H16N6OS2. The Kier molecular flexibility index (Phi) is 4.22. The molecule has 120 valence electrons. The number of ketones is 1. The van der Waals surface area contributed by atoms with Crippen molar-refractivity contribution in [1.29, 1.82) is 0 Å². The number of hydrogen-bond acceptors (Lipinski definition) is 7. The van der Waals surface area contributed by atoms with Crippen LogP contribution in [0.1, 0.15) is 27.4 Å². The monoisotopic (exact) mass is 348 g/mol. The fourth-order valence-corrected chi connectivity index (χ4v) is 3.91. The Bertz CT molecular complexity index is 863. The Balaban J connectivity index is 1.81. The van der Waals surface area contributed by atoms with Crippen LogP contribution in [0.3, 0.4) is 0 Å². The molecule has 0 aromatic carbocycles. The van der Waals surface area contributed by atoms with Crippen LogP contribution in [-0.2, 0) is 0 Å². The minimum Gasteiger partial charge on any atom is -0.368 e. The molecule has 0 aliphatic carbocycles. The highest BCUT2D eigenvalue weighted by molar-refractivity contribution is 7.99. The zero-order valence-corrected chi connectivity index (χ0v) is 14.6. The third kappa shape index (κ3) is 3.15. The Morgan fingerprint density at radius 3 is 2.78 bits per heavy atom. The largest absolute Gasteiger partial charge is 0.368 e. The van der Waals surface area contributed by atoms with Gasteiger partial charge in [-0.25, -0.2) is 10.1 Å². The smallest absolute Gasteiger partial charge is 0.216 e. The number of nitrogens with one attached hydrogen (secondary N) is 1. The minimum atomic E-state index is 0.0333. The summed E-state index contributed by atoms with van der Waals surface area (Å²) in [5.41, 5.74) is 9.04. The summed E-state index contributed by atoms with van der Waals surface area (Å²) < 4.78 is 2.01. The molecule has 0 saturated carbocycles. The van der Waals surface area contributed by atoms with E-state index in [-0.39, 0.29) is 17.5 Å². The highest BCUT2D eigenvalue weighted by atomic mass is 32.2. The first-order valence-corrected chi connectivity index (χ1v) is 8.77. The number of aromatic amines is 1. The number of anilines is 1. The molecule has 0 bridgehead atoms. The summed E-state index contributed by atoms with van der Waals surface area (Å²) in [4.78, 5) is 21.0. The Labute approximate surface area is 141 Å². The van der Waals surface area contributed by atoms with E-state index in [4.69, 9.17) is 5.73 Å². The van der Waals surface area contributed by atoms with Crippen molar-refractivity contribution in [3.05, 3.63) is 34.1 Å². The molecule has 0 amide bonds. The molecule has 0 atom stereocenters. The summed E-state index contributed by atoms with van der Waals surface area (Å²) in [6, 6.07) is 1.90. The van der Waals surface area contributed by atoms with Crippen molar-refractivity contribution >= 4 is 34.8 Å². The van der Waals surface area contributed by atoms with Gasteiger partial charge in [-0.3, -0.25) is 9.36 Å². The average Bonchev–Trinajstić information content (AvgIpc) is 3.17. The quantitative estimate of drug-likeness (QED) is 0.542. The van der Waals surface area contributed by atoms with E-state index in [2.05, 4.69) is 20.2 Å². The van der Waals surface area contributed by atoms with Gasteiger partial charge in [0.25, 0.3) is 0 Å². The van der Waals surface area contributed by atoms with Gasteiger partial charge in [0.1, 0.15) is 0 Å². The number of aromatic nitrogens is 5. The van der Waals surface area contributed by atoms with E-state index in [0.29, 0.717) is 10.7 Å². The maximum atomic E-state index is 12.5. The van der Waals surface area contributed by atoms with Gasteiger partial charge in [-0.2, -0.15) is 4.98 Å². The molecule has 9 heteroatoms. The predicted octanol–water partition coefficient (Wildman–Crippen LogP) is 2.53. The number of Topliss-reactive ketones (excluding diaryl/α,β-unsaturated/α-hetero) is 1. The number of nitrogens with zero attached hydrogens (tertiary/aromatic N) is 4. The summed E-state index contributed by atoms with van der Waals surface area (Å²) in [7, 11) is 0. The first kappa shape index (κ1) is 15.8. The van der Waals surface area contributed by atoms with Gasteiger partial charge in [-0.05, 0) is 26.8 Å². The predicted molar refractivity (Wildman–Crippen MR) is 91.5 cm³/mol. The van der Waals surface area contributed by atoms with Gasteiger partial charge in [0.15, 0.2) is 10.9 Å². The molecule has 23 heavy (non-hydrogen) atoms. The second-order valence-corrected chi connectivity index (χ2v) is 6.89. The number of carbonyl (C=O) groups excluding carboxylic acids is 1. The Morgan fingerprint density at radius 2 is 2.17 bits per heavy atom. The van der Waals surface area contributed by atoms with Crippen LogP contribution in [0, 0.1) is 20.8 Å². The van der Waals surface area contributed by atoms with Crippen LogP contribution < -0.4 is 5.73 Å². The van der Waals surface area contributed by atoms with Crippen LogP contribution >= 0.6 is 23.1 Å². The normalized spacial score (nSPS) is 11.1. The molecule has 0 radical (unpaired) electrons. The number of thioether (sulfide) groups is 1. The highest BCUT2D eigenvalue weighted by Crippen LogP contribution is 2.25. The van der Waals surface area contributed by atoms with Crippen LogP contribution in [0.2, 0.25) is 0 Å². The van der Waals surface area contributed by atoms with Crippen LogP contribution in [0.15, 0.2) is 16.6 Å². The van der Waals surface area contributed by atoms with Crippen LogP contribution in [-0.4, -0.2) is 36.3 Å². The average molecular weight is 348 g/mol. The van der Waals surface area contributed by atoms with E-state index >= 15 is 0 Å². The van der Waals surface area contributed by atoms with Gasteiger partial charge < -0.3 is 5.73 Å². The van der Waals surface area contributed by atoms with Gasteiger partial charge in [0.2, 0.25) is 11.1 Å². The number of nitrogen functional groups attached to an aromatic ring is 1. The first-order valence-electron chi connectivity index (χ1n) is 6.91. The highest BCUT2D eigenvalue weighted by Gasteiger charge is 2.18. The van der Waals surface area contributed by atoms with Crippen molar-refractivity contribution in [3.8, 4) is 5.13 Å². The van der Waals surface area contributed by atoms with Crippen molar-refractivity contribution < 1.29 is 4.79 Å². The molecule has 3 rings (SSSR count). The lowest BCUT2D eigenvalue weighted by atomic mass is 10.2. The third-order valence-electron chi connectivity index (χ3n) is 3.34. The second kappa shape index (κ2) is 6.17. The van der Waals surface area contributed by atoms with Crippen LogP contribution in [0.4, 0.5) is 5.95 Å². The molecule has 3 aromatic rings.